The second kappa shape index (κ2) is 4.59. The predicted octanol–water partition coefficient (Wildman–Crippen LogP) is 1.62. The summed E-state index contributed by atoms with van der Waals surface area (Å²) in [6.07, 6.45) is 2.82. The van der Waals surface area contributed by atoms with Gasteiger partial charge in [-0.3, -0.25) is 0 Å². The lowest BCUT2D eigenvalue weighted by Gasteiger charge is -2.07. The summed E-state index contributed by atoms with van der Waals surface area (Å²) in [5, 5.41) is 11.5. The minimum atomic E-state index is 0.408. The highest BCUT2D eigenvalue weighted by Crippen LogP contribution is 2.21. The monoisotopic (exact) mass is 226 g/mol. The summed E-state index contributed by atoms with van der Waals surface area (Å²) in [6, 6.07) is 10.1. The highest BCUT2D eigenvalue weighted by Gasteiger charge is 2.20. The Kier molecular flexibility index (Phi) is 2.80. The summed E-state index contributed by atoms with van der Waals surface area (Å²) >= 11 is 0. The van der Waals surface area contributed by atoms with E-state index in [0.29, 0.717) is 5.92 Å². The number of aromatic nitrogens is 3. The first-order valence-electron chi connectivity index (χ1n) is 5.89. The molecular weight excluding hydrogens is 212 g/mol. The smallest absolute Gasteiger partial charge is 0.156 e. The van der Waals surface area contributed by atoms with Crippen LogP contribution < -0.4 is 5.32 Å². The molecule has 0 aliphatic carbocycles. The molecule has 2 aromatic rings. The van der Waals surface area contributed by atoms with Gasteiger partial charge in [0.1, 0.15) is 0 Å². The van der Waals surface area contributed by atoms with Crippen LogP contribution in [0.1, 0.15) is 18.2 Å². The largest absolute Gasteiger partial charge is 0.316 e. The van der Waals surface area contributed by atoms with Crippen LogP contribution in [0.15, 0.2) is 36.5 Å². The molecule has 4 nitrogen and oxygen atoms in total. The molecule has 1 aliphatic heterocycles. The van der Waals surface area contributed by atoms with Crippen molar-refractivity contribution in [2.24, 2.45) is 0 Å². The molecule has 0 saturated carbocycles. The van der Waals surface area contributed by atoms with Gasteiger partial charge in [-0.15, -0.1) is 5.10 Å². The van der Waals surface area contributed by atoms with E-state index < -0.39 is 0 Å². The van der Waals surface area contributed by atoms with Gasteiger partial charge >= 0.3 is 0 Å². The zero-order valence-corrected chi connectivity index (χ0v) is 9.50. The Labute approximate surface area is 100 Å². The number of nitrogens with one attached hydrogen (secondary N) is 1. The minimum Gasteiger partial charge on any atom is -0.316 e. The Hall–Kier alpha value is -1.81. The Balaban J connectivity index is 1.94. The molecular formula is C13H14N4. The van der Waals surface area contributed by atoms with E-state index in [1.807, 2.05) is 30.3 Å². The fraction of sp³-hybridized carbons (Fsp3) is 0.308. The van der Waals surface area contributed by atoms with Crippen molar-refractivity contribution in [3.63, 3.8) is 0 Å². The average molecular weight is 226 g/mol. The van der Waals surface area contributed by atoms with Gasteiger partial charge in [0.2, 0.25) is 0 Å². The summed E-state index contributed by atoms with van der Waals surface area (Å²) in [7, 11) is 0. The molecule has 4 heteroatoms. The van der Waals surface area contributed by atoms with Gasteiger partial charge in [-0.05, 0) is 13.0 Å². The second-order valence-corrected chi connectivity index (χ2v) is 4.26. The van der Waals surface area contributed by atoms with E-state index in [0.717, 1.165) is 36.6 Å². The molecule has 0 amide bonds. The summed E-state index contributed by atoms with van der Waals surface area (Å²) in [4.78, 5) is 4.61. The number of hydrogen-bond acceptors (Lipinski definition) is 4. The SMILES string of the molecule is c1ccc(-c2cnnc(C3CCNC3)n2)cc1. The summed E-state index contributed by atoms with van der Waals surface area (Å²) in [6.45, 7) is 2.00. The lowest BCUT2D eigenvalue weighted by atomic mass is 10.1. The quantitative estimate of drug-likeness (QED) is 0.845. The van der Waals surface area contributed by atoms with Gasteiger partial charge < -0.3 is 5.32 Å². The molecule has 17 heavy (non-hydrogen) atoms. The maximum Gasteiger partial charge on any atom is 0.156 e. The maximum absolute atomic E-state index is 4.61. The molecule has 0 radical (unpaired) electrons. The van der Waals surface area contributed by atoms with Gasteiger partial charge in [-0.2, -0.15) is 5.10 Å². The van der Waals surface area contributed by atoms with Crippen molar-refractivity contribution < 1.29 is 0 Å². The number of benzene rings is 1. The van der Waals surface area contributed by atoms with Crippen molar-refractivity contribution >= 4 is 0 Å². The zero-order valence-electron chi connectivity index (χ0n) is 9.50. The Morgan fingerprint density at radius 1 is 1.18 bits per heavy atom. The van der Waals surface area contributed by atoms with Crippen molar-refractivity contribution in [1.82, 2.24) is 20.5 Å². The normalized spacial score (nSPS) is 19.4. The zero-order chi connectivity index (χ0) is 11.5. The number of nitrogens with zero attached hydrogens (tertiary/aromatic N) is 3. The van der Waals surface area contributed by atoms with Crippen LogP contribution >= 0.6 is 0 Å². The molecule has 2 heterocycles. The highest BCUT2D eigenvalue weighted by atomic mass is 15.2. The van der Waals surface area contributed by atoms with Crippen molar-refractivity contribution in [3.05, 3.63) is 42.4 Å². The van der Waals surface area contributed by atoms with E-state index in [1.165, 1.54) is 0 Å². The van der Waals surface area contributed by atoms with Gasteiger partial charge in [0.25, 0.3) is 0 Å². The molecule has 86 valence electrons. The summed E-state index contributed by atoms with van der Waals surface area (Å²) < 4.78 is 0. The fourth-order valence-electron chi connectivity index (χ4n) is 2.11. The van der Waals surface area contributed by atoms with Gasteiger partial charge in [-0.25, -0.2) is 4.98 Å². The standard InChI is InChI=1S/C13H14N4/c1-2-4-10(5-3-1)12-9-15-17-13(16-12)11-6-7-14-8-11/h1-5,9,11,14H,6-8H2. The van der Waals surface area contributed by atoms with Crippen molar-refractivity contribution in [2.45, 2.75) is 12.3 Å². The summed E-state index contributed by atoms with van der Waals surface area (Å²) in [5.41, 5.74) is 2.00. The Morgan fingerprint density at radius 2 is 2.06 bits per heavy atom. The number of rotatable bonds is 2. The van der Waals surface area contributed by atoms with E-state index in [4.69, 9.17) is 0 Å². The molecule has 0 spiro atoms. The first kappa shape index (κ1) is 10.4. The molecule has 1 aliphatic rings. The van der Waals surface area contributed by atoms with Crippen LogP contribution in [0, 0.1) is 0 Å². The van der Waals surface area contributed by atoms with Crippen LogP contribution in [-0.2, 0) is 0 Å². The van der Waals surface area contributed by atoms with Crippen LogP contribution in [0.3, 0.4) is 0 Å². The lowest BCUT2D eigenvalue weighted by molar-refractivity contribution is 0.679. The molecule has 1 aromatic carbocycles. The third-order valence-corrected chi connectivity index (χ3v) is 3.07. The van der Waals surface area contributed by atoms with E-state index in [1.54, 1.807) is 6.20 Å². The van der Waals surface area contributed by atoms with Gasteiger partial charge in [0.05, 0.1) is 11.9 Å². The highest BCUT2D eigenvalue weighted by molar-refractivity contribution is 5.57. The molecule has 0 bridgehead atoms. The first-order valence-corrected chi connectivity index (χ1v) is 5.89. The fourth-order valence-corrected chi connectivity index (χ4v) is 2.11. The third kappa shape index (κ3) is 2.17. The van der Waals surface area contributed by atoms with Crippen LogP contribution in [0.4, 0.5) is 0 Å². The van der Waals surface area contributed by atoms with Crippen molar-refractivity contribution in [3.8, 4) is 11.3 Å². The third-order valence-electron chi connectivity index (χ3n) is 3.07. The average Bonchev–Trinajstić information content (AvgIpc) is 2.94. The first-order chi connectivity index (χ1) is 8.43. The van der Waals surface area contributed by atoms with Crippen LogP contribution in [0.25, 0.3) is 11.3 Å². The lowest BCUT2D eigenvalue weighted by Crippen LogP contribution is -2.11. The van der Waals surface area contributed by atoms with E-state index in [-0.39, 0.29) is 0 Å². The second-order valence-electron chi connectivity index (χ2n) is 4.26. The summed E-state index contributed by atoms with van der Waals surface area (Å²) in [5.74, 6) is 1.27. The minimum absolute atomic E-state index is 0.408. The topological polar surface area (TPSA) is 50.7 Å². The Morgan fingerprint density at radius 3 is 2.82 bits per heavy atom. The molecule has 1 atom stereocenters. The van der Waals surface area contributed by atoms with Gasteiger partial charge in [0, 0.05) is 18.0 Å². The van der Waals surface area contributed by atoms with Gasteiger partial charge in [0.15, 0.2) is 5.82 Å². The van der Waals surface area contributed by atoms with E-state index in [9.17, 15) is 0 Å². The Bertz CT molecular complexity index is 492. The molecule has 1 saturated heterocycles. The van der Waals surface area contributed by atoms with Crippen LogP contribution in [-0.4, -0.2) is 28.3 Å². The molecule has 1 N–H and O–H groups in total. The molecule has 3 rings (SSSR count). The predicted molar refractivity (Wildman–Crippen MR) is 65.5 cm³/mol. The van der Waals surface area contributed by atoms with Crippen molar-refractivity contribution in [2.75, 3.05) is 13.1 Å². The van der Waals surface area contributed by atoms with Crippen LogP contribution in [0.5, 0.6) is 0 Å². The van der Waals surface area contributed by atoms with Crippen LogP contribution in [0.2, 0.25) is 0 Å². The molecule has 1 unspecified atom stereocenters. The molecule has 1 aromatic heterocycles. The maximum atomic E-state index is 4.61. The van der Waals surface area contributed by atoms with Gasteiger partial charge in [-0.1, -0.05) is 30.3 Å². The molecule has 1 fully saturated rings. The number of hydrogen-bond donors (Lipinski definition) is 1. The van der Waals surface area contributed by atoms with E-state index >= 15 is 0 Å². The van der Waals surface area contributed by atoms with E-state index in [2.05, 4.69) is 20.5 Å². The van der Waals surface area contributed by atoms with Crippen molar-refractivity contribution in [1.29, 1.82) is 0 Å².